The van der Waals surface area contributed by atoms with E-state index in [9.17, 15) is 0 Å². The van der Waals surface area contributed by atoms with Gasteiger partial charge in [0.15, 0.2) is 0 Å². The van der Waals surface area contributed by atoms with Gasteiger partial charge in [0.25, 0.3) is 0 Å². The number of pyridine rings is 1. The van der Waals surface area contributed by atoms with Crippen molar-refractivity contribution < 1.29 is 0 Å². The molecule has 2 rings (SSSR count). The van der Waals surface area contributed by atoms with Crippen LogP contribution in [0.5, 0.6) is 0 Å². The zero-order chi connectivity index (χ0) is 11.4. The lowest BCUT2D eigenvalue weighted by Gasteiger charge is -2.03. The Balaban J connectivity index is 2.31. The van der Waals surface area contributed by atoms with E-state index >= 15 is 0 Å². The van der Waals surface area contributed by atoms with Gasteiger partial charge >= 0.3 is 0 Å². The van der Waals surface area contributed by atoms with Crippen LogP contribution in [0.15, 0.2) is 55.3 Å². The highest BCUT2D eigenvalue weighted by molar-refractivity contribution is 5.63. The maximum Gasteiger partial charge on any atom is 0.0378 e. The molecule has 1 aromatic carbocycles. The van der Waals surface area contributed by atoms with E-state index in [1.807, 2.05) is 25.3 Å². The quantitative estimate of drug-likeness (QED) is 0.701. The molecule has 1 heterocycles. The first-order chi connectivity index (χ1) is 7.79. The molecule has 0 aliphatic rings. The normalized spacial score (nSPS) is 10.1. The summed E-state index contributed by atoms with van der Waals surface area (Å²) >= 11 is 0. The fourth-order valence-corrected chi connectivity index (χ4v) is 1.73. The smallest absolute Gasteiger partial charge is 0.0378 e. The lowest BCUT2D eigenvalue weighted by molar-refractivity contribution is 1.20. The van der Waals surface area contributed by atoms with Gasteiger partial charge in [0.05, 0.1) is 0 Å². The van der Waals surface area contributed by atoms with Crippen LogP contribution in [0.4, 0.5) is 0 Å². The van der Waals surface area contributed by atoms with Crippen LogP contribution in [0.2, 0.25) is 0 Å². The van der Waals surface area contributed by atoms with E-state index in [-0.39, 0.29) is 0 Å². The third-order valence-electron chi connectivity index (χ3n) is 2.56. The van der Waals surface area contributed by atoms with Gasteiger partial charge in [0.2, 0.25) is 0 Å². The molecule has 0 spiro atoms. The molecule has 0 atom stereocenters. The zero-order valence-electron chi connectivity index (χ0n) is 9.48. The summed E-state index contributed by atoms with van der Waals surface area (Å²) in [5, 5.41) is 0. The van der Waals surface area contributed by atoms with Crippen LogP contribution >= 0.6 is 0 Å². The van der Waals surface area contributed by atoms with Gasteiger partial charge in [-0.05, 0) is 42.2 Å². The minimum atomic E-state index is 0.926. The van der Waals surface area contributed by atoms with Crippen molar-refractivity contribution in [3.8, 4) is 11.1 Å². The van der Waals surface area contributed by atoms with Crippen LogP contribution in [0.1, 0.15) is 11.3 Å². The second kappa shape index (κ2) is 4.75. The second-order valence-electron chi connectivity index (χ2n) is 3.88. The Morgan fingerprint density at radius 2 is 1.88 bits per heavy atom. The van der Waals surface area contributed by atoms with Crippen molar-refractivity contribution in [2.45, 2.75) is 13.3 Å². The van der Waals surface area contributed by atoms with E-state index < -0.39 is 0 Å². The number of aryl methyl sites for hydroxylation is 1. The maximum absolute atomic E-state index is 4.20. The first-order valence-corrected chi connectivity index (χ1v) is 5.42. The molecule has 2 aromatic rings. The first-order valence-electron chi connectivity index (χ1n) is 5.42. The predicted octanol–water partition coefficient (Wildman–Crippen LogP) is 3.79. The van der Waals surface area contributed by atoms with Crippen LogP contribution in [0, 0.1) is 6.92 Å². The molecule has 0 amide bonds. The third kappa shape index (κ3) is 2.37. The fraction of sp³-hybridized carbons (Fsp3) is 0.133. The average molecular weight is 209 g/mol. The second-order valence-corrected chi connectivity index (χ2v) is 3.88. The minimum Gasteiger partial charge on any atom is -0.262 e. The zero-order valence-corrected chi connectivity index (χ0v) is 9.48. The number of rotatable bonds is 3. The van der Waals surface area contributed by atoms with Gasteiger partial charge in [0.1, 0.15) is 0 Å². The summed E-state index contributed by atoms with van der Waals surface area (Å²) in [5.41, 5.74) is 4.80. The molecule has 0 aliphatic carbocycles. The lowest BCUT2D eigenvalue weighted by atomic mass is 10.0. The van der Waals surface area contributed by atoms with E-state index in [2.05, 4.69) is 41.9 Å². The Bertz CT molecular complexity index is 483. The molecule has 0 unspecified atom stereocenters. The summed E-state index contributed by atoms with van der Waals surface area (Å²) in [7, 11) is 0. The van der Waals surface area contributed by atoms with E-state index in [4.69, 9.17) is 0 Å². The Labute approximate surface area is 96.5 Å². The topological polar surface area (TPSA) is 12.9 Å². The van der Waals surface area contributed by atoms with Crippen molar-refractivity contribution in [3.63, 3.8) is 0 Å². The van der Waals surface area contributed by atoms with Crippen molar-refractivity contribution in [2.75, 3.05) is 0 Å². The van der Waals surface area contributed by atoms with Gasteiger partial charge in [-0.3, -0.25) is 4.98 Å². The standard InChI is InChI=1S/C15H15N/c1-3-4-13-5-7-14(8-6-13)15-9-10-16-12(2)11-15/h3,5-11H,1,4H2,2H3. The third-order valence-corrected chi connectivity index (χ3v) is 2.56. The molecular weight excluding hydrogens is 194 g/mol. The Hall–Kier alpha value is -1.89. The predicted molar refractivity (Wildman–Crippen MR) is 68.3 cm³/mol. The minimum absolute atomic E-state index is 0.926. The molecule has 0 N–H and O–H groups in total. The molecule has 0 saturated carbocycles. The van der Waals surface area contributed by atoms with Crippen LogP contribution in [0.25, 0.3) is 11.1 Å². The maximum atomic E-state index is 4.20. The number of nitrogens with zero attached hydrogens (tertiary/aromatic N) is 1. The van der Waals surface area contributed by atoms with Gasteiger partial charge in [0, 0.05) is 11.9 Å². The fourth-order valence-electron chi connectivity index (χ4n) is 1.73. The van der Waals surface area contributed by atoms with Gasteiger partial charge in [-0.2, -0.15) is 0 Å². The van der Waals surface area contributed by atoms with Crippen molar-refractivity contribution in [1.29, 1.82) is 0 Å². The Kier molecular flexibility index (Phi) is 3.16. The summed E-state index contributed by atoms with van der Waals surface area (Å²) < 4.78 is 0. The van der Waals surface area contributed by atoms with E-state index in [0.29, 0.717) is 0 Å². The molecule has 0 aliphatic heterocycles. The summed E-state index contributed by atoms with van der Waals surface area (Å²) in [4.78, 5) is 4.20. The van der Waals surface area contributed by atoms with Crippen LogP contribution < -0.4 is 0 Å². The van der Waals surface area contributed by atoms with E-state index in [0.717, 1.165) is 12.1 Å². The number of aromatic nitrogens is 1. The summed E-state index contributed by atoms with van der Waals surface area (Å²) in [5.74, 6) is 0. The number of hydrogen-bond acceptors (Lipinski definition) is 1. The van der Waals surface area contributed by atoms with Crippen molar-refractivity contribution in [2.24, 2.45) is 0 Å². The van der Waals surface area contributed by atoms with E-state index in [1.54, 1.807) is 0 Å². The van der Waals surface area contributed by atoms with Crippen LogP contribution in [-0.2, 0) is 6.42 Å². The molecule has 16 heavy (non-hydrogen) atoms. The molecule has 0 bridgehead atoms. The number of benzene rings is 1. The van der Waals surface area contributed by atoms with Gasteiger partial charge in [-0.1, -0.05) is 30.3 Å². The highest BCUT2D eigenvalue weighted by atomic mass is 14.6. The first kappa shape index (κ1) is 10.6. The highest BCUT2D eigenvalue weighted by Crippen LogP contribution is 2.20. The number of allylic oxidation sites excluding steroid dienone is 1. The molecule has 1 nitrogen and oxygen atoms in total. The largest absolute Gasteiger partial charge is 0.262 e. The SMILES string of the molecule is C=CCc1ccc(-c2ccnc(C)c2)cc1. The van der Waals surface area contributed by atoms with Crippen molar-refractivity contribution >= 4 is 0 Å². The van der Waals surface area contributed by atoms with Crippen molar-refractivity contribution in [3.05, 3.63) is 66.5 Å². The van der Waals surface area contributed by atoms with Gasteiger partial charge < -0.3 is 0 Å². The molecular formula is C15H15N. The molecule has 0 radical (unpaired) electrons. The summed E-state index contributed by atoms with van der Waals surface area (Å²) in [6.45, 7) is 5.75. The molecule has 1 aromatic heterocycles. The van der Waals surface area contributed by atoms with Crippen LogP contribution in [0.3, 0.4) is 0 Å². The monoisotopic (exact) mass is 209 g/mol. The number of hydrogen-bond donors (Lipinski definition) is 0. The Morgan fingerprint density at radius 1 is 1.12 bits per heavy atom. The van der Waals surface area contributed by atoms with Crippen molar-refractivity contribution in [1.82, 2.24) is 4.98 Å². The molecule has 1 heteroatoms. The van der Waals surface area contributed by atoms with Crippen LogP contribution in [-0.4, -0.2) is 4.98 Å². The molecule has 0 saturated heterocycles. The lowest BCUT2D eigenvalue weighted by Crippen LogP contribution is -1.84. The molecule has 80 valence electrons. The average Bonchev–Trinajstić information content (AvgIpc) is 2.30. The van der Waals surface area contributed by atoms with E-state index in [1.165, 1.54) is 16.7 Å². The van der Waals surface area contributed by atoms with Gasteiger partial charge in [-0.25, -0.2) is 0 Å². The Morgan fingerprint density at radius 3 is 2.50 bits per heavy atom. The van der Waals surface area contributed by atoms with Gasteiger partial charge in [-0.15, -0.1) is 6.58 Å². The molecule has 0 fully saturated rings. The highest BCUT2D eigenvalue weighted by Gasteiger charge is 1.98. The summed E-state index contributed by atoms with van der Waals surface area (Å²) in [6, 6.07) is 12.7. The summed E-state index contributed by atoms with van der Waals surface area (Å²) in [6.07, 6.45) is 4.70.